The number of hydrogen-bond acceptors (Lipinski definition) is 4. The summed E-state index contributed by atoms with van der Waals surface area (Å²) in [7, 11) is 0. The Labute approximate surface area is 170 Å². The Hall–Kier alpha value is -4.14. The molecule has 0 saturated carbocycles. The van der Waals surface area contributed by atoms with Crippen LogP contribution in [0.2, 0.25) is 0 Å². The molecule has 1 heterocycles. The van der Waals surface area contributed by atoms with Gasteiger partial charge in [-0.1, -0.05) is 67.6 Å². The van der Waals surface area contributed by atoms with E-state index in [1.165, 1.54) is 0 Å². The van der Waals surface area contributed by atoms with E-state index in [9.17, 15) is 4.79 Å². The van der Waals surface area contributed by atoms with Crippen molar-refractivity contribution in [1.29, 1.82) is 15.8 Å². The predicted octanol–water partition coefficient (Wildman–Crippen LogP) is 5.03. The first-order chi connectivity index (χ1) is 14.0. The Kier molecular flexibility index (Phi) is 7.49. The molecule has 1 unspecified atom stereocenters. The zero-order chi connectivity index (χ0) is 21.2. The molecule has 0 saturated heterocycles. The molecule has 5 heteroatoms. The number of carbonyl (C=O) groups is 1. The maximum atomic E-state index is 11.8. The van der Waals surface area contributed by atoms with E-state index in [2.05, 4.69) is 11.1 Å². The van der Waals surface area contributed by atoms with Gasteiger partial charge in [0.05, 0.1) is 17.7 Å². The normalized spacial score (nSPS) is 10.6. The van der Waals surface area contributed by atoms with Crippen LogP contribution in [0.5, 0.6) is 0 Å². The zero-order valence-electron chi connectivity index (χ0n) is 16.3. The Morgan fingerprint density at radius 3 is 1.97 bits per heavy atom. The highest BCUT2D eigenvalue weighted by molar-refractivity contribution is 5.98. The number of ketones is 1. The highest BCUT2D eigenvalue weighted by Crippen LogP contribution is 2.23. The Balaban J connectivity index is 0.000000207. The number of H-pyrrole nitrogens is 1. The van der Waals surface area contributed by atoms with E-state index in [0.717, 1.165) is 16.8 Å². The average molecular weight is 380 g/mol. The van der Waals surface area contributed by atoms with E-state index in [4.69, 9.17) is 15.8 Å². The quantitative estimate of drug-likeness (QED) is 0.641. The van der Waals surface area contributed by atoms with Crippen molar-refractivity contribution in [2.75, 3.05) is 0 Å². The number of nitrogens with zero attached hydrogens (tertiary/aromatic N) is 3. The van der Waals surface area contributed by atoms with Crippen molar-refractivity contribution in [3.8, 4) is 29.5 Å². The topological polar surface area (TPSA) is 104 Å². The maximum absolute atomic E-state index is 11.8. The van der Waals surface area contributed by atoms with Crippen LogP contribution in [0.25, 0.3) is 11.3 Å². The molecule has 1 atom stereocenters. The van der Waals surface area contributed by atoms with Crippen molar-refractivity contribution in [2.45, 2.75) is 13.8 Å². The second-order valence-electron chi connectivity index (χ2n) is 6.44. The first kappa shape index (κ1) is 21.2. The Morgan fingerprint density at radius 2 is 1.48 bits per heavy atom. The molecule has 0 amide bonds. The molecule has 0 radical (unpaired) electrons. The molecule has 5 nitrogen and oxygen atoms in total. The van der Waals surface area contributed by atoms with Gasteiger partial charge in [0, 0.05) is 23.4 Å². The summed E-state index contributed by atoms with van der Waals surface area (Å²) in [4.78, 5) is 14.9. The molecule has 3 rings (SSSR count). The number of rotatable bonds is 4. The predicted molar refractivity (Wildman–Crippen MR) is 110 cm³/mol. The van der Waals surface area contributed by atoms with E-state index < -0.39 is 11.8 Å². The van der Waals surface area contributed by atoms with Crippen LogP contribution in [0, 0.1) is 52.8 Å². The molecule has 29 heavy (non-hydrogen) atoms. The van der Waals surface area contributed by atoms with Gasteiger partial charge in [0.2, 0.25) is 0 Å². The molecule has 0 bridgehead atoms. The number of hydrogen-bond donors (Lipinski definition) is 1. The summed E-state index contributed by atoms with van der Waals surface area (Å²) in [6.07, 6.45) is 1.75. The molecule has 0 aliphatic heterocycles. The van der Waals surface area contributed by atoms with Crippen LogP contribution in [-0.2, 0) is 0 Å². The standard InChI is InChI=1S/C12H10N2O.C12H10N2/c1-9(11(7-13)8-14)12(15)10-5-3-2-4-6-10;1-9-11(7-13)8-14-12(9)10-5-3-2-4-6-10/h2-6,9,11H,1H3;2-6,8,14H,1H3. The van der Waals surface area contributed by atoms with Crippen LogP contribution in [0.1, 0.15) is 28.4 Å². The summed E-state index contributed by atoms with van der Waals surface area (Å²) in [5.74, 6) is -1.62. The second-order valence-corrected chi connectivity index (χ2v) is 6.44. The van der Waals surface area contributed by atoms with Gasteiger partial charge < -0.3 is 4.98 Å². The summed E-state index contributed by atoms with van der Waals surface area (Å²) >= 11 is 0. The number of nitrogens with one attached hydrogen (secondary N) is 1. The number of nitriles is 3. The first-order valence-corrected chi connectivity index (χ1v) is 9.05. The van der Waals surface area contributed by atoms with Crippen molar-refractivity contribution in [3.05, 3.63) is 83.6 Å². The first-order valence-electron chi connectivity index (χ1n) is 9.05. The van der Waals surface area contributed by atoms with Crippen molar-refractivity contribution < 1.29 is 4.79 Å². The van der Waals surface area contributed by atoms with Gasteiger partial charge >= 0.3 is 0 Å². The molecule has 0 spiro atoms. The van der Waals surface area contributed by atoms with E-state index >= 15 is 0 Å². The van der Waals surface area contributed by atoms with Gasteiger partial charge in [0.15, 0.2) is 5.78 Å². The van der Waals surface area contributed by atoms with Crippen molar-refractivity contribution in [1.82, 2.24) is 4.98 Å². The molecule has 3 aromatic rings. The molecule has 0 aliphatic rings. The lowest BCUT2D eigenvalue weighted by Gasteiger charge is -2.09. The van der Waals surface area contributed by atoms with Crippen molar-refractivity contribution in [3.63, 3.8) is 0 Å². The van der Waals surface area contributed by atoms with Gasteiger partial charge in [0.1, 0.15) is 12.0 Å². The van der Waals surface area contributed by atoms with Gasteiger partial charge in [-0.15, -0.1) is 0 Å². The molecule has 1 aromatic heterocycles. The zero-order valence-corrected chi connectivity index (χ0v) is 16.3. The highest BCUT2D eigenvalue weighted by atomic mass is 16.1. The number of Topliss-reactive ketones (excluding diaryl/α,β-unsaturated/α-hetero) is 1. The second kappa shape index (κ2) is 10.3. The minimum Gasteiger partial charge on any atom is -0.360 e. The third-order valence-electron chi connectivity index (χ3n) is 4.57. The summed E-state index contributed by atoms with van der Waals surface area (Å²) in [5.41, 5.74) is 4.41. The molecule has 1 N–H and O–H groups in total. The highest BCUT2D eigenvalue weighted by Gasteiger charge is 2.24. The third kappa shape index (κ3) is 5.19. The SMILES string of the molecule is CC(C(=O)c1ccccc1)C(C#N)C#N.Cc1c(C#N)c[nH]c1-c1ccccc1. The average Bonchev–Trinajstić information content (AvgIpc) is 3.16. The van der Waals surface area contributed by atoms with E-state index in [1.54, 1.807) is 37.4 Å². The molecule has 2 aromatic carbocycles. The minimum atomic E-state index is -0.877. The van der Waals surface area contributed by atoms with Crippen LogP contribution >= 0.6 is 0 Å². The maximum Gasteiger partial charge on any atom is 0.168 e. The van der Waals surface area contributed by atoms with Crippen LogP contribution in [0.15, 0.2) is 66.9 Å². The van der Waals surface area contributed by atoms with Gasteiger partial charge in [-0.3, -0.25) is 4.79 Å². The molecule has 142 valence electrons. The smallest absolute Gasteiger partial charge is 0.168 e. The minimum absolute atomic E-state index is 0.163. The van der Waals surface area contributed by atoms with Crippen molar-refractivity contribution >= 4 is 5.78 Å². The summed E-state index contributed by atoms with van der Waals surface area (Å²) < 4.78 is 0. The van der Waals surface area contributed by atoms with Crippen LogP contribution in [-0.4, -0.2) is 10.8 Å². The fourth-order valence-electron chi connectivity index (χ4n) is 2.79. The van der Waals surface area contributed by atoms with Crippen LogP contribution in [0.4, 0.5) is 0 Å². The lowest BCUT2D eigenvalue weighted by atomic mass is 9.89. The van der Waals surface area contributed by atoms with Gasteiger partial charge in [0.25, 0.3) is 0 Å². The number of carbonyl (C=O) groups excluding carboxylic acids is 1. The lowest BCUT2D eigenvalue weighted by molar-refractivity contribution is 0.0917. The summed E-state index contributed by atoms with van der Waals surface area (Å²) in [5, 5.41) is 26.1. The van der Waals surface area contributed by atoms with Crippen LogP contribution < -0.4 is 0 Å². The Bertz CT molecular complexity index is 1070. The molecular formula is C24H20N4O. The summed E-state index contributed by atoms with van der Waals surface area (Å²) in [6, 6.07) is 24.5. The van der Waals surface area contributed by atoms with E-state index in [0.29, 0.717) is 11.1 Å². The number of benzene rings is 2. The van der Waals surface area contributed by atoms with Gasteiger partial charge in [-0.2, -0.15) is 15.8 Å². The van der Waals surface area contributed by atoms with E-state index in [-0.39, 0.29) is 5.78 Å². The van der Waals surface area contributed by atoms with Crippen molar-refractivity contribution in [2.24, 2.45) is 11.8 Å². The van der Waals surface area contributed by atoms with E-state index in [1.807, 2.05) is 55.5 Å². The van der Waals surface area contributed by atoms with Gasteiger partial charge in [-0.25, -0.2) is 0 Å². The molecular weight excluding hydrogens is 360 g/mol. The Morgan fingerprint density at radius 1 is 0.931 bits per heavy atom. The van der Waals surface area contributed by atoms with Gasteiger partial charge in [-0.05, 0) is 18.1 Å². The molecule has 0 aliphatic carbocycles. The summed E-state index contributed by atoms with van der Waals surface area (Å²) in [6.45, 7) is 3.56. The lowest BCUT2D eigenvalue weighted by Crippen LogP contribution is -2.18. The fraction of sp³-hybridized carbons (Fsp3) is 0.167. The number of aromatic amines is 1. The largest absolute Gasteiger partial charge is 0.360 e. The number of aromatic nitrogens is 1. The van der Waals surface area contributed by atoms with Crippen LogP contribution in [0.3, 0.4) is 0 Å². The third-order valence-corrected chi connectivity index (χ3v) is 4.57. The monoisotopic (exact) mass is 380 g/mol. The fourth-order valence-corrected chi connectivity index (χ4v) is 2.79. The molecule has 0 fully saturated rings.